The quantitative estimate of drug-likeness (QED) is 0.864. The van der Waals surface area contributed by atoms with Crippen LogP contribution in [0.5, 0.6) is 0 Å². The molecule has 1 N–H and O–H groups in total. The van der Waals surface area contributed by atoms with Gasteiger partial charge in [-0.3, -0.25) is 0 Å². The van der Waals surface area contributed by atoms with Crippen LogP contribution in [0.4, 0.5) is 5.82 Å². The largest absolute Gasteiger partial charge is 0.383 e. The van der Waals surface area contributed by atoms with Crippen molar-refractivity contribution >= 4 is 5.82 Å². The Labute approximate surface area is 113 Å². The second-order valence-corrected chi connectivity index (χ2v) is 5.02. The molecule has 1 aliphatic carbocycles. The lowest BCUT2D eigenvalue weighted by atomic mass is 10.2. The van der Waals surface area contributed by atoms with E-state index in [4.69, 9.17) is 4.74 Å². The topological polar surface area (TPSA) is 39.1 Å². The number of nitrogens with zero attached hydrogens (tertiary/aromatic N) is 2. The fourth-order valence-electron chi connectivity index (χ4n) is 2.29. The third kappa shape index (κ3) is 2.96. The minimum atomic E-state index is 0.379. The first-order chi connectivity index (χ1) is 9.36. The van der Waals surface area contributed by atoms with Crippen LogP contribution < -0.4 is 5.32 Å². The summed E-state index contributed by atoms with van der Waals surface area (Å²) >= 11 is 0. The van der Waals surface area contributed by atoms with Crippen molar-refractivity contribution in [2.24, 2.45) is 5.92 Å². The molecule has 0 aliphatic heterocycles. The first-order valence-electron chi connectivity index (χ1n) is 6.73. The summed E-state index contributed by atoms with van der Waals surface area (Å²) < 4.78 is 7.16. The van der Waals surface area contributed by atoms with Crippen LogP contribution in [0, 0.1) is 5.92 Å². The van der Waals surface area contributed by atoms with Crippen molar-refractivity contribution in [3.05, 3.63) is 42.6 Å². The molecule has 1 atom stereocenters. The van der Waals surface area contributed by atoms with Gasteiger partial charge in [0.05, 0.1) is 18.3 Å². The van der Waals surface area contributed by atoms with Crippen molar-refractivity contribution in [3.8, 4) is 5.69 Å². The monoisotopic (exact) mass is 257 g/mol. The van der Waals surface area contributed by atoms with Gasteiger partial charge in [0, 0.05) is 19.4 Å². The molecule has 1 unspecified atom stereocenters. The highest BCUT2D eigenvalue weighted by molar-refractivity contribution is 5.39. The second-order valence-electron chi connectivity index (χ2n) is 5.02. The predicted octanol–water partition coefficient (Wildman–Crippen LogP) is 2.71. The van der Waals surface area contributed by atoms with Gasteiger partial charge in [-0.25, -0.2) is 4.68 Å². The number of benzene rings is 1. The van der Waals surface area contributed by atoms with Crippen LogP contribution >= 0.6 is 0 Å². The molecule has 1 saturated carbocycles. The van der Waals surface area contributed by atoms with E-state index in [1.54, 1.807) is 7.11 Å². The maximum absolute atomic E-state index is 5.27. The Hall–Kier alpha value is -1.81. The van der Waals surface area contributed by atoms with Gasteiger partial charge in [0.25, 0.3) is 0 Å². The second kappa shape index (κ2) is 5.45. The lowest BCUT2D eigenvalue weighted by molar-refractivity contribution is 0.179. The number of para-hydroxylation sites is 1. The molecular weight excluding hydrogens is 238 g/mol. The first-order valence-corrected chi connectivity index (χ1v) is 6.73. The molecule has 19 heavy (non-hydrogen) atoms. The minimum absolute atomic E-state index is 0.379. The van der Waals surface area contributed by atoms with E-state index in [0.29, 0.717) is 6.04 Å². The van der Waals surface area contributed by atoms with E-state index < -0.39 is 0 Å². The van der Waals surface area contributed by atoms with Crippen LogP contribution in [-0.2, 0) is 4.74 Å². The van der Waals surface area contributed by atoms with Crippen LogP contribution in [-0.4, -0.2) is 29.5 Å². The van der Waals surface area contributed by atoms with Gasteiger partial charge in [0.1, 0.15) is 5.82 Å². The number of methoxy groups -OCH3 is 1. The fraction of sp³-hybridized carbons (Fsp3) is 0.400. The van der Waals surface area contributed by atoms with E-state index in [2.05, 4.69) is 10.4 Å². The number of nitrogens with one attached hydrogen (secondary N) is 1. The van der Waals surface area contributed by atoms with Crippen molar-refractivity contribution in [2.45, 2.75) is 18.9 Å². The molecule has 0 amide bonds. The zero-order valence-electron chi connectivity index (χ0n) is 11.1. The van der Waals surface area contributed by atoms with E-state index in [1.165, 1.54) is 12.8 Å². The highest BCUT2D eigenvalue weighted by Crippen LogP contribution is 2.34. The zero-order chi connectivity index (χ0) is 13.1. The lowest BCUT2D eigenvalue weighted by Gasteiger charge is -2.16. The molecular formula is C15H19N3O. The third-order valence-corrected chi connectivity index (χ3v) is 3.48. The summed E-state index contributed by atoms with van der Waals surface area (Å²) in [6, 6.07) is 12.5. The predicted molar refractivity (Wildman–Crippen MR) is 75.6 cm³/mol. The number of hydrogen-bond acceptors (Lipinski definition) is 3. The van der Waals surface area contributed by atoms with Gasteiger partial charge in [0.2, 0.25) is 0 Å². The molecule has 4 heteroatoms. The number of anilines is 1. The SMILES string of the molecule is COCC(Nc1ccn(-c2ccccc2)n1)C1CC1. The van der Waals surface area contributed by atoms with Crippen LogP contribution in [0.1, 0.15) is 12.8 Å². The van der Waals surface area contributed by atoms with Gasteiger partial charge < -0.3 is 10.1 Å². The van der Waals surface area contributed by atoms with Crippen molar-refractivity contribution < 1.29 is 4.74 Å². The molecule has 1 fully saturated rings. The Balaban J connectivity index is 1.70. The molecule has 0 bridgehead atoms. The molecule has 1 aromatic carbocycles. The molecule has 1 heterocycles. The number of ether oxygens (including phenoxy) is 1. The number of aromatic nitrogens is 2. The van der Waals surface area contributed by atoms with Gasteiger partial charge in [-0.05, 0) is 30.9 Å². The molecule has 100 valence electrons. The Kier molecular flexibility index (Phi) is 3.51. The van der Waals surface area contributed by atoms with Gasteiger partial charge in [-0.1, -0.05) is 18.2 Å². The van der Waals surface area contributed by atoms with Crippen LogP contribution in [0.25, 0.3) is 5.69 Å². The van der Waals surface area contributed by atoms with E-state index >= 15 is 0 Å². The van der Waals surface area contributed by atoms with Gasteiger partial charge in [-0.15, -0.1) is 0 Å². The maximum atomic E-state index is 5.27. The Morgan fingerprint density at radius 2 is 2.11 bits per heavy atom. The van der Waals surface area contributed by atoms with Crippen molar-refractivity contribution in [1.29, 1.82) is 0 Å². The Morgan fingerprint density at radius 3 is 2.79 bits per heavy atom. The van der Waals surface area contributed by atoms with Gasteiger partial charge >= 0.3 is 0 Å². The smallest absolute Gasteiger partial charge is 0.148 e. The third-order valence-electron chi connectivity index (χ3n) is 3.48. The Morgan fingerprint density at radius 1 is 1.32 bits per heavy atom. The summed E-state index contributed by atoms with van der Waals surface area (Å²) in [6.45, 7) is 0.739. The van der Waals surface area contributed by atoms with Gasteiger partial charge in [0.15, 0.2) is 0 Å². The average Bonchev–Trinajstić information content (AvgIpc) is 3.19. The van der Waals surface area contributed by atoms with Crippen molar-refractivity contribution in [1.82, 2.24) is 9.78 Å². The van der Waals surface area contributed by atoms with Crippen LogP contribution in [0.15, 0.2) is 42.6 Å². The van der Waals surface area contributed by atoms with Crippen molar-refractivity contribution in [3.63, 3.8) is 0 Å². The standard InChI is InChI=1S/C15H19N3O/c1-19-11-14(12-7-8-12)16-15-9-10-18(17-15)13-5-3-2-4-6-13/h2-6,9-10,12,14H,7-8,11H2,1H3,(H,16,17). The van der Waals surface area contributed by atoms with Crippen molar-refractivity contribution in [2.75, 3.05) is 19.0 Å². The minimum Gasteiger partial charge on any atom is -0.383 e. The lowest BCUT2D eigenvalue weighted by Crippen LogP contribution is -2.27. The molecule has 1 aliphatic rings. The zero-order valence-corrected chi connectivity index (χ0v) is 11.1. The van der Waals surface area contributed by atoms with E-state index in [-0.39, 0.29) is 0 Å². The average molecular weight is 257 g/mol. The number of hydrogen-bond donors (Lipinski definition) is 1. The normalized spacial score (nSPS) is 16.3. The number of rotatable bonds is 6. The maximum Gasteiger partial charge on any atom is 0.148 e. The molecule has 3 rings (SSSR count). The molecule has 4 nitrogen and oxygen atoms in total. The van der Waals surface area contributed by atoms with E-state index in [0.717, 1.165) is 24.0 Å². The molecule has 1 aromatic heterocycles. The van der Waals surface area contributed by atoms with E-state index in [1.807, 2.05) is 47.3 Å². The van der Waals surface area contributed by atoms with Gasteiger partial charge in [-0.2, -0.15) is 5.10 Å². The summed E-state index contributed by atoms with van der Waals surface area (Å²) in [5.74, 6) is 1.65. The van der Waals surface area contributed by atoms with Crippen LogP contribution in [0.2, 0.25) is 0 Å². The summed E-state index contributed by atoms with van der Waals surface area (Å²) in [5.41, 5.74) is 1.07. The summed E-state index contributed by atoms with van der Waals surface area (Å²) in [5, 5.41) is 8.04. The fourth-order valence-corrected chi connectivity index (χ4v) is 2.29. The summed E-state index contributed by atoms with van der Waals surface area (Å²) in [7, 11) is 1.75. The summed E-state index contributed by atoms with van der Waals surface area (Å²) in [4.78, 5) is 0. The molecule has 0 spiro atoms. The van der Waals surface area contributed by atoms with E-state index in [9.17, 15) is 0 Å². The Bertz CT molecular complexity index is 519. The molecule has 0 saturated heterocycles. The molecule has 0 radical (unpaired) electrons. The highest BCUT2D eigenvalue weighted by Gasteiger charge is 2.31. The van der Waals surface area contributed by atoms with Crippen LogP contribution in [0.3, 0.4) is 0 Å². The highest BCUT2D eigenvalue weighted by atomic mass is 16.5. The summed E-state index contributed by atoms with van der Waals surface area (Å²) in [6.07, 6.45) is 4.56. The first kappa shape index (κ1) is 12.2. The molecule has 2 aromatic rings.